The van der Waals surface area contributed by atoms with Gasteiger partial charge in [-0.15, -0.1) is 0 Å². The molecule has 2 aliphatic carbocycles. The summed E-state index contributed by atoms with van der Waals surface area (Å²) in [6, 6.07) is 1.55. The second-order valence-corrected chi connectivity index (χ2v) is 9.93. The van der Waals surface area contributed by atoms with E-state index in [9.17, 15) is 20.3 Å². The first-order valence-corrected chi connectivity index (χ1v) is 11.1. The smallest absolute Gasteiger partial charge is 0.496 e. The van der Waals surface area contributed by atoms with Crippen LogP contribution in [0.25, 0.3) is 11.0 Å². The molecule has 158 valence electrons. The first kappa shape index (κ1) is 20.6. The zero-order chi connectivity index (χ0) is 20.9. The fraction of sp³-hybridized carbons (Fsp3) is 0.652. The van der Waals surface area contributed by atoms with Crippen LogP contribution >= 0.6 is 0 Å². The topological polar surface area (TPSA) is 94.1 Å². The molecule has 29 heavy (non-hydrogen) atoms. The largest absolute Gasteiger partial charge is 0.504 e. The van der Waals surface area contributed by atoms with Gasteiger partial charge in [-0.25, -0.2) is 0 Å². The summed E-state index contributed by atoms with van der Waals surface area (Å²) < 4.78 is 6.34. The fourth-order valence-electron chi connectivity index (χ4n) is 5.44. The molecule has 0 spiro atoms. The number of hydrogen-bond acceptors (Lipinski definition) is 5. The van der Waals surface area contributed by atoms with Crippen LogP contribution < -0.4 is 5.46 Å². The summed E-state index contributed by atoms with van der Waals surface area (Å²) in [5.41, 5.74) is 1.19. The molecule has 0 aliphatic heterocycles. The van der Waals surface area contributed by atoms with Crippen LogP contribution in [0.4, 0.5) is 0 Å². The Morgan fingerprint density at radius 1 is 1.21 bits per heavy atom. The van der Waals surface area contributed by atoms with Crippen molar-refractivity contribution in [2.45, 2.75) is 83.5 Å². The number of phenolic OH excluding ortho intramolecular Hbond substituents is 2. The van der Waals surface area contributed by atoms with E-state index in [2.05, 4.69) is 20.8 Å². The molecular formula is C23H33BO5. The minimum Gasteiger partial charge on any atom is -0.504 e. The van der Waals surface area contributed by atoms with Crippen LogP contribution in [-0.2, 0) is 5.41 Å². The summed E-state index contributed by atoms with van der Waals surface area (Å²) >= 11 is 0. The summed E-state index contributed by atoms with van der Waals surface area (Å²) in [5, 5.41) is 41.1. The zero-order valence-electron chi connectivity index (χ0n) is 17.7. The number of phenols is 2. The average Bonchev–Trinajstić information content (AvgIpc) is 3.41. The van der Waals surface area contributed by atoms with Gasteiger partial charge in [0, 0.05) is 16.9 Å². The molecule has 2 aromatic rings. The van der Waals surface area contributed by atoms with Crippen molar-refractivity contribution in [1.82, 2.24) is 0 Å². The molecule has 0 radical (unpaired) electrons. The van der Waals surface area contributed by atoms with Crippen molar-refractivity contribution in [2.75, 3.05) is 0 Å². The fourth-order valence-corrected chi connectivity index (χ4v) is 5.44. The lowest BCUT2D eigenvalue weighted by Crippen LogP contribution is -2.30. The molecule has 4 rings (SSSR count). The zero-order valence-corrected chi connectivity index (χ0v) is 17.7. The third-order valence-corrected chi connectivity index (χ3v) is 7.14. The highest BCUT2D eigenvalue weighted by molar-refractivity contribution is 6.63. The van der Waals surface area contributed by atoms with E-state index in [1.807, 2.05) is 0 Å². The Labute approximate surface area is 172 Å². The quantitative estimate of drug-likeness (QED) is 0.330. The van der Waals surface area contributed by atoms with E-state index in [1.165, 1.54) is 19.3 Å². The minimum atomic E-state index is -1.91. The van der Waals surface area contributed by atoms with Crippen molar-refractivity contribution in [3.05, 3.63) is 17.4 Å². The molecule has 1 aromatic carbocycles. The lowest BCUT2D eigenvalue weighted by atomic mass is 9.72. The predicted molar refractivity (Wildman–Crippen MR) is 115 cm³/mol. The Balaban J connectivity index is 1.91. The normalized spacial score (nSPS) is 24.7. The third-order valence-electron chi connectivity index (χ3n) is 7.14. The number of hydrogen-bond donors (Lipinski definition) is 4. The SMILES string of the molecule is CC(C)CCCC1(C)CCCC(C2CC2)c2oc3c(B(O)O)c(O)c(O)cc3c21. The van der Waals surface area contributed by atoms with E-state index in [1.54, 1.807) is 6.07 Å². The van der Waals surface area contributed by atoms with Crippen LogP contribution in [0.5, 0.6) is 11.5 Å². The van der Waals surface area contributed by atoms with Crippen molar-refractivity contribution in [1.29, 1.82) is 0 Å². The van der Waals surface area contributed by atoms with Crippen molar-refractivity contribution in [3.8, 4) is 11.5 Å². The third kappa shape index (κ3) is 3.66. The van der Waals surface area contributed by atoms with Gasteiger partial charge in [-0.05, 0) is 55.4 Å². The Morgan fingerprint density at radius 2 is 1.93 bits per heavy atom. The Bertz CT molecular complexity index is 899. The predicted octanol–water partition coefficient (Wildman–Crippen LogP) is 4.29. The van der Waals surface area contributed by atoms with Gasteiger partial charge >= 0.3 is 7.12 Å². The van der Waals surface area contributed by atoms with Gasteiger partial charge in [0.15, 0.2) is 11.5 Å². The molecule has 1 aromatic heterocycles. The number of fused-ring (bicyclic) bond motifs is 3. The summed E-state index contributed by atoms with van der Waals surface area (Å²) in [7, 11) is -1.91. The molecular weight excluding hydrogens is 367 g/mol. The molecule has 5 nitrogen and oxygen atoms in total. The first-order chi connectivity index (χ1) is 13.7. The van der Waals surface area contributed by atoms with Crippen molar-refractivity contribution < 1.29 is 24.7 Å². The molecule has 1 heterocycles. The van der Waals surface area contributed by atoms with Crippen LogP contribution in [0.15, 0.2) is 10.5 Å². The molecule has 2 unspecified atom stereocenters. The molecule has 2 aliphatic rings. The molecule has 2 atom stereocenters. The van der Waals surface area contributed by atoms with Gasteiger partial charge in [0.25, 0.3) is 0 Å². The van der Waals surface area contributed by atoms with Crippen molar-refractivity contribution in [2.24, 2.45) is 11.8 Å². The average molecular weight is 400 g/mol. The lowest BCUT2D eigenvalue weighted by molar-refractivity contribution is 0.365. The number of aromatic hydroxyl groups is 2. The van der Waals surface area contributed by atoms with Gasteiger partial charge < -0.3 is 24.7 Å². The molecule has 0 saturated heterocycles. The van der Waals surface area contributed by atoms with E-state index in [0.29, 0.717) is 23.3 Å². The van der Waals surface area contributed by atoms with E-state index in [0.717, 1.165) is 48.8 Å². The number of rotatable bonds is 6. The highest BCUT2D eigenvalue weighted by Gasteiger charge is 2.44. The van der Waals surface area contributed by atoms with Crippen LogP contribution in [0.3, 0.4) is 0 Å². The molecule has 0 amide bonds. The Hall–Kier alpha value is -1.66. The Morgan fingerprint density at radius 3 is 2.55 bits per heavy atom. The standard InChI is InChI=1S/C23H33BO5/c1-13(2)6-4-10-23(3)11-5-7-15(14-8-9-14)21-18(23)16-12-17(25)20(26)19(24(27)28)22(16)29-21/h12-15,25-28H,4-11H2,1-3H3. The summed E-state index contributed by atoms with van der Waals surface area (Å²) in [6.07, 6.45) is 9.00. The number of benzene rings is 1. The van der Waals surface area contributed by atoms with E-state index in [-0.39, 0.29) is 16.6 Å². The van der Waals surface area contributed by atoms with E-state index < -0.39 is 12.9 Å². The van der Waals surface area contributed by atoms with Gasteiger partial charge in [0.05, 0.1) is 5.46 Å². The van der Waals surface area contributed by atoms with Crippen LogP contribution in [0.1, 0.15) is 89.4 Å². The highest BCUT2D eigenvalue weighted by atomic mass is 16.4. The van der Waals surface area contributed by atoms with Gasteiger partial charge in [0.1, 0.15) is 11.3 Å². The second-order valence-electron chi connectivity index (χ2n) is 9.93. The summed E-state index contributed by atoms with van der Waals surface area (Å²) in [5.74, 6) is 1.70. The molecule has 4 N–H and O–H groups in total. The van der Waals surface area contributed by atoms with E-state index >= 15 is 0 Å². The monoisotopic (exact) mass is 400 g/mol. The molecule has 1 saturated carbocycles. The van der Waals surface area contributed by atoms with Crippen molar-refractivity contribution >= 4 is 23.6 Å². The maximum atomic E-state index is 10.3. The van der Waals surface area contributed by atoms with Crippen LogP contribution in [0, 0.1) is 11.8 Å². The van der Waals surface area contributed by atoms with Gasteiger partial charge in [-0.1, -0.05) is 40.0 Å². The summed E-state index contributed by atoms with van der Waals surface area (Å²) in [4.78, 5) is 0. The minimum absolute atomic E-state index is 0.0970. The van der Waals surface area contributed by atoms with Gasteiger partial charge in [-0.3, -0.25) is 0 Å². The second kappa shape index (κ2) is 7.55. The van der Waals surface area contributed by atoms with Crippen LogP contribution in [-0.4, -0.2) is 27.4 Å². The molecule has 0 bridgehead atoms. The van der Waals surface area contributed by atoms with Crippen molar-refractivity contribution in [3.63, 3.8) is 0 Å². The van der Waals surface area contributed by atoms with Gasteiger partial charge in [-0.2, -0.15) is 0 Å². The van der Waals surface area contributed by atoms with Gasteiger partial charge in [0.2, 0.25) is 0 Å². The first-order valence-electron chi connectivity index (χ1n) is 11.1. The number of furan rings is 1. The maximum Gasteiger partial charge on any atom is 0.496 e. The van der Waals surface area contributed by atoms with Crippen LogP contribution in [0.2, 0.25) is 0 Å². The maximum absolute atomic E-state index is 10.3. The molecule has 6 heteroatoms. The van der Waals surface area contributed by atoms with E-state index in [4.69, 9.17) is 4.42 Å². The highest BCUT2D eigenvalue weighted by Crippen LogP contribution is 2.55. The molecule has 1 fully saturated rings. The summed E-state index contributed by atoms with van der Waals surface area (Å²) in [6.45, 7) is 6.77. The lowest BCUT2D eigenvalue weighted by Gasteiger charge is -2.29. The Kier molecular flexibility index (Phi) is 5.37.